The summed E-state index contributed by atoms with van der Waals surface area (Å²) in [4.78, 5) is 27.9. The van der Waals surface area contributed by atoms with Gasteiger partial charge in [-0.2, -0.15) is 5.26 Å². The molecular weight excluding hydrogens is 422 g/mol. The van der Waals surface area contributed by atoms with Crippen LogP contribution in [0.4, 0.5) is 26.7 Å². The number of carbonyl (C=O) groups excluding carboxylic acids is 2. The third-order valence-electron chi connectivity index (χ3n) is 4.66. The normalized spacial score (nSPS) is 11.8. The topological polar surface area (TPSA) is 117 Å². The number of alkyl carbamates (subject to hydrolysis) is 1. The summed E-state index contributed by atoms with van der Waals surface area (Å²) in [6.45, 7) is 13.0. The smallest absolute Gasteiger partial charge is 0.407 e. The molecule has 0 bridgehead atoms. The van der Waals surface area contributed by atoms with Crippen molar-refractivity contribution in [2.24, 2.45) is 0 Å². The van der Waals surface area contributed by atoms with E-state index < -0.39 is 18.2 Å². The predicted molar refractivity (Wildman–Crippen MR) is 125 cm³/mol. The lowest BCUT2D eigenvalue weighted by Gasteiger charge is -2.18. The summed E-state index contributed by atoms with van der Waals surface area (Å²) in [6, 6.07) is 13.0. The highest BCUT2D eigenvalue weighted by Gasteiger charge is 2.16. The van der Waals surface area contributed by atoms with Crippen molar-refractivity contribution in [3.8, 4) is 11.8 Å². The fourth-order valence-electron chi connectivity index (χ4n) is 2.95. The lowest BCUT2D eigenvalue weighted by Crippen LogP contribution is -2.31. The van der Waals surface area contributed by atoms with Crippen LogP contribution in [0.1, 0.15) is 45.2 Å². The summed E-state index contributed by atoms with van der Waals surface area (Å²) in [5.74, 6) is 0.402. The first-order valence-corrected chi connectivity index (χ1v) is 10.6. The zero-order chi connectivity index (χ0) is 24.2. The van der Waals surface area contributed by atoms with Gasteiger partial charge < -0.3 is 25.4 Å². The van der Waals surface area contributed by atoms with Gasteiger partial charge in [0, 0.05) is 11.4 Å². The standard InChI is InChI=1S/C24H27N5O4/c1-5-20(12-13-25)33-24(31)27-16(3)17-8-7-9-18(14-17)28-23(30)29-19-10-11-21(26-4)22(15-19)32-6-2/h7-11,14-16,20H,5-6,12H2,1-3H3,(H,27,31)(H2,28,29,30)/t16-,20+/m0/s1. The molecule has 0 fully saturated rings. The molecule has 172 valence electrons. The Morgan fingerprint density at radius 1 is 1.15 bits per heavy atom. The third kappa shape index (κ3) is 7.75. The average Bonchev–Trinajstić information content (AvgIpc) is 2.79. The van der Waals surface area contributed by atoms with Crippen LogP contribution in [0.15, 0.2) is 42.5 Å². The second-order valence-electron chi connectivity index (χ2n) is 7.10. The van der Waals surface area contributed by atoms with Crippen LogP contribution in [0.5, 0.6) is 5.75 Å². The van der Waals surface area contributed by atoms with E-state index in [0.717, 1.165) is 5.56 Å². The van der Waals surface area contributed by atoms with E-state index in [9.17, 15) is 9.59 Å². The maximum absolute atomic E-state index is 12.4. The Labute approximate surface area is 193 Å². The molecule has 0 radical (unpaired) electrons. The Kier molecular flexibility index (Phi) is 9.54. The van der Waals surface area contributed by atoms with Crippen molar-refractivity contribution in [2.45, 2.75) is 45.8 Å². The zero-order valence-corrected chi connectivity index (χ0v) is 18.8. The second kappa shape index (κ2) is 12.6. The lowest BCUT2D eigenvalue weighted by atomic mass is 10.1. The molecular formula is C24H27N5O4. The van der Waals surface area contributed by atoms with Crippen molar-refractivity contribution in [1.82, 2.24) is 5.32 Å². The molecule has 9 nitrogen and oxygen atoms in total. The first-order chi connectivity index (χ1) is 15.9. The number of amides is 3. The Hall–Kier alpha value is -4.24. The van der Waals surface area contributed by atoms with E-state index in [1.54, 1.807) is 43.3 Å². The van der Waals surface area contributed by atoms with Gasteiger partial charge in [0.15, 0.2) is 0 Å². The second-order valence-corrected chi connectivity index (χ2v) is 7.10. The van der Waals surface area contributed by atoms with Gasteiger partial charge in [0.05, 0.1) is 31.7 Å². The summed E-state index contributed by atoms with van der Waals surface area (Å²) < 4.78 is 10.7. The van der Waals surface area contributed by atoms with Gasteiger partial charge in [-0.3, -0.25) is 0 Å². The first-order valence-electron chi connectivity index (χ1n) is 10.6. The van der Waals surface area contributed by atoms with Gasteiger partial charge in [-0.15, -0.1) is 0 Å². The Morgan fingerprint density at radius 2 is 1.88 bits per heavy atom. The summed E-state index contributed by atoms with van der Waals surface area (Å²) in [6.07, 6.45) is -0.365. The molecule has 0 unspecified atom stereocenters. The van der Waals surface area contributed by atoms with Crippen LogP contribution in [0.25, 0.3) is 4.85 Å². The van der Waals surface area contributed by atoms with E-state index in [-0.39, 0.29) is 12.5 Å². The molecule has 0 aliphatic rings. The zero-order valence-electron chi connectivity index (χ0n) is 18.8. The number of ether oxygens (including phenoxy) is 2. The molecule has 0 heterocycles. The highest BCUT2D eigenvalue weighted by molar-refractivity contribution is 6.00. The predicted octanol–water partition coefficient (Wildman–Crippen LogP) is 5.76. The van der Waals surface area contributed by atoms with Gasteiger partial charge in [-0.05, 0) is 50.1 Å². The highest BCUT2D eigenvalue weighted by Crippen LogP contribution is 2.31. The number of anilines is 2. The van der Waals surface area contributed by atoms with Crippen molar-refractivity contribution in [2.75, 3.05) is 17.2 Å². The monoisotopic (exact) mass is 449 g/mol. The van der Waals surface area contributed by atoms with Crippen LogP contribution in [0.2, 0.25) is 0 Å². The van der Waals surface area contributed by atoms with Crippen molar-refractivity contribution in [3.05, 3.63) is 59.4 Å². The molecule has 0 aromatic heterocycles. The first kappa shape index (κ1) is 25.0. The number of benzene rings is 2. The SMILES string of the molecule is [C-]#[N+]c1ccc(NC(=O)Nc2cccc([C@H](C)NC(=O)O[C@H](CC)CC#N)c2)cc1OCC. The Morgan fingerprint density at radius 3 is 2.52 bits per heavy atom. The highest BCUT2D eigenvalue weighted by atomic mass is 16.6. The average molecular weight is 450 g/mol. The summed E-state index contributed by atoms with van der Waals surface area (Å²) >= 11 is 0. The maximum Gasteiger partial charge on any atom is 0.407 e. The number of nitriles is 1. The lowest BCUT2D eigenvalue weighted by molar-refractivity contribution is 0.0950. The summed E-state index contributed by atoms with van der Waals surface area (Å²) in [5, 5.41) is 17.0. The minimum Gasteiger partial charge on any atom is -0.505 e. The fourth-order valence-corrected chi connectivity index (χ4v) is 2.95. The van der Waals surface area contributed by atoms with Crippen LogP contribution >= 0.6 is 0 Å². The Bertz CT molecular complexity index is 1060. The number of hydrogen-bond donors (Lipinski definition) is 3. The van der Waals surface area contributed by atoms with Gasteiger partial charge in [-0.1, -0.05) is 25.1 Å². The molecule has 0 aliphatic carbocycles. The Balaban J connectivity index is 1.99. The van der Waals surface area contributed by atoms with E-state index >= 15 is 0 Å². The summed E-state index contributed by atoms with van der Waals surface area (Å²) in [5.41, 5.74) is 2.15. The molecule has 0 saturated carbocycles. The van der Waals surface area contributed by atoms with E-state index in [4.69, 9.17) is 21.3 Å². The van der Waals surface area contributed by atoms with Crippen LogP contribution in [-0.2, 0) is 4.74 Å². The van der Waals surface area contributed by atoms with Crippen LogP contribution in [-0.4, -0.2) is 24.8 Å². The molecule has 0 saturated heterocycles. The number of urea groups is 1. The van der Waals surface area contributed by atoms with Gasteiger partial charge in [-0.25, -0.2) is 14.4 Å². The third-order valence-corrected chi connectivity index (χ3v) is 4.66. The van der Waals surface area contributed by atoms with Crippen LogP contribution < -0.4 is 20.7 Å². The quantitative estimate of drug-likeness (QED) is 0.421. The molecule has 2 aromatic carbocycles. The van der Waals surface area contributed by atoms with Crippen molar-refractivity contribution >= 4 is 29.2 Å². The van der Waals surface area contributed by atoms with E-state index in [2.05, 4.69) is 20.8 Å². The number of carbonyl (C=O) groups is 2. The molecule has 3 amide bonds. The fraction of sp³-hybridized carbons (Fsp3) is 0.333. The molecule has 3 N–H and O–H groups in total. The van der Waals surface area contributed by atoms with Crippen molar-refractivity contribution in [3.63, 3.8) is 0 Å². The van der Waals surface area contributed by atoms with E-state index in [1.807, 2.05) is 26.0 Å². The largest absolute Gasteiger partial charge is 0.505 e. The molecule has 9 heteroatoms. The van der Waals surface area contributed by atoms with Crippen LogP contribution in [0, 0.1) is 17.9 Å². The molecule has 0 aliphatic heterocycles. The van der Waals surface area contributed by atoms with Gasteiger partial charge >= 0.3 is 12.1 Å². The van der Waals surface area contributed by atoms with Gasteiger partial charge in [0.2, 0.25) is 5.69 Å². The van der Waals surface area contributed by atoms with Crippen LogP contribution in [0.3, 0.4) is 0 Å². The summed E-state index contributed by atoms with van der Waals surface area (Å²) in [7, 11) is 0. The minimum atomic E-state index is -0.603. The number of nitrogens with one attached hydrogen (secondary N) is 3. The molecule has 33 heavy (non-hydrogen) atoms. The van der Waals surface area contributed by atoms with Gasteiger partial charge in [0.25, 0.3) is 0 Å². The van der Waals surface area contributed by atoms with E-state index in [0.29, 0.717) is 35.8 Å². The number of nitrogens with zero attached hydrogens (tertiary/aromatic N) is 2. The maximum atomic E-state index is 12.4. The minimum absolute atomic E-state index is 0.138. The van der Waals surface area contributed by atoms with Crippen molar-refractivity contribution < 1.29 is 19.1 Å². The molecule has 2 rings (SSSR count). The molecule has 2 aromatic rings. The number of rotatable bonds is 9. The molecule has 0 spiro atoms. The van der Waals surface area contributed by atoms with E-state index in [1.165, 1.54) is 0 Å². The number of hydrogen-bond acceptors (Lipinski definition) is 5. The molecule has 2 atom stereocenters. The van der Waals surface area contributed by atoms with Crippen molar-refractivity contribution in [1.29, 1.82) is 5.26 Å². The van der Waals surface area contributed by atoms with Gasteiger partial charge in [0.1, 0.15) is 11.9 Å².